The Balaban J connectivity index is 1.48. The van der Waals surface area contributed by atoms with E-state index >= 15 is 0 Å². The zero-order valence-electron chi connectivity index (χ0n) is 12.9. The fraction of sp³-hybridized carbons (Fsp3) is 0.333. The van der Waals surface area contributed by atoms with Crippen molar-refractivity contribution in [1.82, 2.24) is 15.2 Å². The molecule has 0 atom stereocenters. The lowest BCUT2D eigenvalue weighted by atomic mass is 10.1. The first-order chi connectivity index (χ1) is 11.4. The first kappa shape index (κ1) is 12.9. The van der Waals surface area contributed by atoms with E-state index in [9.17, 15) is 0 Å². The van der Waals surface area contributed by atoms with Gasteiger partial charge in [0.15, 0.2) is 5.82 Å². The first-order valence-electron chi connectivity index (χ1n) is 8.23. The van der Waals surface area contributed by atoms with Crippen LogP contribution in [-0.2, 0) is 0 Å². The summed E-state index contributed by atoms with van der Waals surface area (Å²) in [5.41, 5.74) is 1.35. The highest BCUT2D eigenvalue weighted by Gasteiger charge is 2.52. The Morgan fingerprint density at radius 2 is 1.87 bits per heavy atom. The molecule has 1 aliphatic carbocycles. The molecule has 1 saturated heterocycles. The minimum atomic E-state index is 0.230. The number of piperazine rings is 1. The Kier molecular flexibility index (Phi) is 2.65. The summed E-state index contributed by atoms with van der Waals surface area (Å²) < 4.78 is 0. The van der Waals surface area contributed by atoms with Gasteiger partial charge in [-0.2, -0.15) is 5.10 Å². The number of pyridine rings is 1. The Hall–Kier alpha value is -2.56. The number of hydrogen-bond acceptors (Lipinski definition) is 4. The average molecular weight is 305 g/mol. The molecule has 1 aromatic carbocycles. The standard InChI is InChI=1S/C18H19N5/c1-2-6-15-14(5-1)17(21-20-15)23-12-11-22(13-18(23)8-9-18)16-7-3-4-10-19-16/h1-7,10H,8-9,11-13H2,(H,20,21). The van der Waals surface area contributed by atoms with Gasteiger partial charge < -0.3 is 9.80 Å². The van der Waals surface area contributed by atoms with Crippen LogP contribution in [0.2, 0.25) is 0 Å². The zero-order chi connectivity index (χ0) is 15.3. The fourth-order valence-corrected chi connectivity index (χ4v) is 3.77. The van der Waals surface area contributed by atoms with E-state index in [0.29, 0.717) is 0 Å². The maximum atomic E-state index is 4.62. The molecule has 1 N–H and O–H groups in total. The Morgan fingerprint density at radius 3 is 2.70 bits per heavy atom. The Labute approximate surface area is 134 Å². The molecule has 2 aliphatic rings. The first-order valence-corrected chi connectivity index (χ1v) is 8.23. The van der Waals surface area contributed by atoms with Gasteiger partial charge in [0.2, 0.25) is 0 Å². The van der Waals surface area contributed by atoms with Crippen LogP contribution in [0.1, 0.15) is 12.8 Å². The largest absolute Gasteiger partial charge is 0.352 e. The van der Waals surface area contributed by atoms with Crippen molar-refractivity contribution in [3.8, 4) is 0 Å². The highest BCUT2D eigenvalue weighted by molar-refractivity contribution is 5.90. The van der Waals surface area contributed by atoms with Crippen LogP contribution in [0.5, 0.6) is 0 Å². The Bertz CT molecular complexity index is 837. The molecular formula is C18H19N5. The summed E-state index contributed by atoms with van der Waals surface area (Å²) >= 11 is 0. The summed E-state index contributed by atoms with van der Waals surface area (Å²) in [5.74, 6) is 2.20. The molecule has 0 bridgehead atoms. The topological polar surface area (TPSA) is 48.0 Å². The van der Waals surface area contributed by atoms with Gasteiger partial charge >= 0.3 is 0 Å². The molecule has 3 aromatic rings. The average Bonchev–Trinajstić information content (AvgIpc) is 3.24. The molecule has 1 saturated carbocycles. The minimum Gasteiger partial charge on any atom is -0.352 e. The van der Waals surface area contributed by atoms with E-state index in [0.717, 1.165) is 36.8 Å². The van der Waals surface area contributed by atoms with Crippen molar-refractivity contribution in [3.05, 3.63) is 48.7 Å². The summed E-state index contributed by atoms with van der Waals surface area (Å²) in [7, 11) is 0. The molecule has 116 valence electrons. The summed E-state index contributed by atoms with van der Waals surface area (Å²) in [6.07, 6.45) is 4.34. The van der Waals surface area contributed by atoms with E-state index in [1.54, 1.807) is 0 Å². The second-order valence-corrected chi connectivity index (χ2v) is 6.58. The maximum absolute atomic E-state index is 4.62. The summed E-state index contributed by atoms with van der Waals surface area (Å²) in [5, 5.41) is 9.02. The fourth-order valence-electron chi connectivity index (χ4n) is 3.77. The van der Waals surface area contributed by atoms with Crippen molar-refractivity contribution < 1.29 is 0 Å². The van der Waals surface area contributed by atoms with Crippen LogP contribution >= 0.6 is 0 Å². The molecule has 5 rings (SSSR count). The van der Waals surface area contributed by atoms with Crippen molar-refractivity contribution in [2.45, 2.75) is 18.4 Å². The van der Waals surface area contributed by atoms with E-state index in [1.807, 2.05) is 12.3 Å². The summed E-state index contributed by atoms with van der Waals surface area (Å²) in [6, 6.07) is 14.5. The van der Waals surface area contributed by atoms with Gasteiger partial charge in [-0.1, -0.05) is 18.2 Å². The van der Waals surface area contributed by atoms with Crippen molar-refractivity contribution in [2.24, 2.45) is 0 Å². The van der Waals surface area contributed by atoms with E-state index in [4.69, 9.17) is 0 Å². The molecule has 23 heavy (non-hydrogen) atoms. The number of nitrogens with one attached hydrogen (secondary N) is 1. The smallest absolute Gasteiger partial charge is 0.158 e. The zero-order valence-corrected chi connectivity index (χ0v) is 12.9. The van der Waals surface area contributed by atoms with Crippen molar-refractivity contribution >= 4 is 22.5 Å². The van der Waals surface area contributed by atoms with Crippen molar-refractivity contribution in [1.29, 1.82) is 0 Å². The molecule has 0 amide bonds. The monoisotopic (exact) mass is 305 g/mol. The second kappa shape index (κ2) is 4.72. The number of nitrogens with zero attached hydrogens (tertiary/aromatic N) is 4. The van der Waals surface area contributed by atoms with E-state index in [-0.39, 0.29) is 5.54 Å². The van der Waals surface area contributed by atoms with Gasteiger partial charge in [-0.25, -0.2) is 4.98 Å². The molecule has 1 aliphatic heterocycles. The third-order valence-electron chi connectivity index (χ3n) is 5.16. The minimum absolute atomic E-state index is 0.230. The van der Waals surface area contributed by atoms with Crippen molar-refractivity contribution in [3.63, 3.8) is 0 Å². The van der Waals surface area contributed by atoms with Crippen LogP contribution in [0, 0.1) is 0 Å². The number of hydrogen-bond donors (Lipinski definition) is 1. The number of aromatic amines is 1. The molecule has 2 aromatic heterocycles. The normalized spacial score (nSPS) is 19.5. The molecule has 0 unspecified atom stereocenters. The Morgan fingerprint density at radius 1 is 1.00 bits per heavy atom. The third kappa shape index (κ3) is 2.00. The summed E-state index contributed by atoms with van der Waals surface area (Å²) in [6.45, 7) is 3.01. The molecule has 2 fully saturated rings. The van der Waals surface area contributed by atoms with E-state index < -0.39 is 0 Å². The number of rotatable bonds is 2. The van der Waals surface area contributed by atoms with Gasteiger partial charge in [0.25, 0.3) is 0 Å². The molecular weight excluding hydrogens is 286 g/mol. The predicted octanol–water partition coefficient (Wildman–Crippen LogP) is 2.82. The van der Waals surface area contributed by atoms with Crippen molar-refractivity contribution in [2.75, 3.05) is 29.4 Å². The number of fused-ring (bicyclic) bond motifs is 1. The van der Waals surface area contributed by atoms with Gasteiger partial charge in [0, 0.05) is 31.2 Å². The molecule has 5 heteroatoms. The third-order valence-corrected chi connectivity index (χ3v) is 5.16. The SMILES string of the molecule is c1ccc(N2CCN(c3n[nH]c4ccccc34)C3(CC3)C2)nc1. The maximum Gasteiger partial charge on any atom is 0.158 e. The molecule has 1 spiro atoms. The molecule has 3 heterocycles. The van der Waals surface area contributed by atoms with Gasteiger partial charge in [0.05, 0.1) is 11.1 Å². The highest BCUT2D eigenvalue weighted by atomic mass is 15.4. The number of benzene rings is 1. The van der Waals surface area contributed by atoms with Crippen LogP contribution in [0.3, 0.4) is 0 Å². The van der Waals surface area contributed by atoms with Crippen LogP contribution in [0.25, 0.3) is 10.9 Å². The number of aromatic nitrogens is 3. The number of para-hydroxylation sites is 1. The van der Waals surface area contributed by atoms with Gasteiger partial charge in [-0.3, -0.25) is 5.10 Å². The second-order valence-electron chi connectivity index (χ2n) is 6.58. The quantitative estimate of drug-likeness (QED) is 0.791. The number of anilines is 2. The van der Waals surface area contributed by atoms with E-state index in [2.05, 4.69) is 61.4 Å². The van der Waals surface area contributed by atoms with E-state index in [1.165, 1.54) is 18.2 Å². The summed E-state index contributed by atoms with van der Waals surface area (Å²) in [4.78, 5) is 9.45. The van der Waals surface area contributed by atoms with Crippen LogP contribution in [-0.4, -0.2) is 40.4 Å². The van der Waals surface area contributed by atoms with Crippen LogP contribution in [0.4, 0.5) is 11.6 Å². The molecule has 5 nitrogen and oxygen atoms in total. The van der Waals surface area contributed by atoms with Gasteiger partial charge in [-0.05, 0) is 37.1 Å². The lowest BCUT2D eigenvalue weighted by molar-refractivity contribution is 0.503. The molecule has 0 radical (unpaired) electrons. The number of H-pyrrole nitrogens is 1. The van der Waals surface area contributed by atoms with Gasteiger partial charge in [-0.15, -0.1) is 0 Å². The lowest BCUT2D eigenvalue weighted by Gasteiger charge is -2.43. The predicted molar refractivity (Wildman–Crippen MR) is 91.9 cm³/mol. The van der Waals surface area contributed by atoms with Crippen LogP contribution < -0.4 is 9.80 Å². The van der Waals surface area contributed by atoms with Crippen LogP contribution in [0.15, 0.2) is 48.7 Å². The van der Waals surface area contributed by atoms with Gasteiger partial charge in [0.1, 0.15) is 5.82 Å². The lowest BCUT2D eigenvalue weighted by Crippen LogP contribution is -2.55. The highest BCUT2D eigenvalue weighted by Crippen LogP contribution is 2.47.